The molecular formula is C12H15NO4S. The van der Waals surface area contributed by atoms with E-state index in [0.717, 1.165) is 11.1 Å². The summed E-state index contributed by atoms with van der Waals surface area (Å²) in [5.41, 5.74) is 1.88. The Balaban J connectivity index is 2.23. The number of sulfonamides is 1. The maximum absolute atomic E-state index is 11.7. The number of aromatic carboxylic acids is 1. The smallest absolute Gasteiger partial charge is 0.335 e. The highest BCUT2D eigenvalue weighted by atomic mass is 32.2. The molecule has 1 saturated heterocycles. The minimum atomic E-state index is -3.11. The van der Waals surface area contributed by atoms with Crippen LogP contribution < -0.4 is 0 Å². The molecule has 18 heavy (non-hydrogen) atoms. The fraction of sp³-hybridized carbons (Fsp3) is 0.417. The van der Waals surface area contributed by atoms with Crippen molar-refractivity contribution in [3.05, 3.63) is 34.9 Å². The lowest BCUT2D eigenvalue weighted by molar-refractivity contribution is 0.0696. The summed E-state index contributed by atoms with van der Waals surface area (Å²) in [4.78, 5) is 10.8. The molecule has 0 aliphatic carbocycles. The van der Waals surface area contributed by atoms with Crippen LogP contribution in [0.3, 0.4) is 0 Å². The van der Waals surface area contributed by atoms with Crippen molar-refractivity contribution in [1.29, 1.82) is 0 Å². The molecule has 0 unspecified atom stereocenters. The first-order chi connectivity index (χ1) is 8.40. The number of aryl methyl sites for hydroxylation is 1. The summed E-state index contributed by atoms with van der Waals surface area (Å²) >= 11 is 0. The third kappa shape index (κ3) is 2.54. The van der Waals surface area contributed by atoms with E-state index < -0.39 is 16.0 Å². The third-order valence-electron chi connectivity index (χ3n) is 3.14. The minimum Gasteiger partial charge on any atom is -0.478 e. The number of hydrogen-bond acceptors (Lipinski definition) is 3. The zero-order valence-corrected chi connectivity index (χ0v) is 10.9. The number of nitrogens with zero attached hydrogens (tertiary/aromatic N) is 1. The van der Waals surface area contributed by atoms with Crippen molar-refractivity contribution in [1.82, 2.24) is 4.31 Å². The number of carboxylic acid groups (broad SMARTS) is 1. The van der Waals surface area contributed by atoms with E-state index >= 15 is 0 Å². The molecule has 1 fully saturated rings. The zero-order chi connectivity index (χ0) is 13.3. The first kappa shape index (κ1) is 13.0. The van der Waals surface area contributed by atoms with E-state index in [2.05, 4.69) is 0 Å². The van der Waals surface area contributed by atoms with Gasteiger partial charge in [0.2, 0.25) is 10.0 Å². The van der Waals surface area contributed by atoms with Gasteiger partial charge in [0.25, 0.3) is 0 Å². The Morgan fingerprint density at radius 2 is 2.17 bits per heavy atom. The normalized spacial score (nSPS) is 18.9. The second kappa shape index (κ2) is 4.70. The molecule has 6 heteroatoms. The topological polar surface area (TPSA) is 74.7 Å². The van der Waals surface area contributed by atoms with Crippen molar-refractivity contribution in [3.8, 4) is 0 Å². The Morgan fingerprint density at radius 3 is 2.67 bits per heavy atom. The maximum atomic E-state index is 11.7. The fourth-order valence-corrected chi connectivity index (χ4v) is 3.56. The second-order valence-electron chi connectivity index (χ2n) is 4.45. The summed E-state index contributed by atoms with van der Waals surface area (Å²) in [6, 6.07) is 4.76. The van der Waals surface area contributed by atoms with Crippen molar-refractivity contribution in [2.75, 3.05) is 12.3 Å². The van der Waals surface area contributed by atoms with Gasteiger partial charge in [-0.15, -0.1) is 0 Å². The van der Waals surface area contributed by atoms with Crippen LogP contribution in [0.1, 0.15) is 27.9 Å². The van der Waals surface area contributed by atoms with Crippen LogP contribution in [0.15, 0.2) is 18.2 Å². The van der Waals surface area contributed by atoms with Gasteiger partial charge in [0.1, 0.15) is 0 Å². The van der Waals surface area contributed by atoms with E-state index in [1.807, 2.05) is 0 Å². The van der Waals surface area contributed by atoms with Crippen LogP contribution >= 0.6 is 0 Å². The maximum Gasteiger partial charge on any atom is 0.335 e. The molecular weight excluding hydrogens is 254 g/mol. The third-order valence-corrected chi connectivity index (χ3v) is 5.04. The number of rotatable bonds is 3. The quantitative estimate of drug-likeness (QED) is 0.895. The van der Waals surface area contributed by atoms with Crippen molar-refractivity contribution < 1.29 is 18.3 Å². The molecule has 0 bridgehead atoms. The Labute approximate surface area is 106 Å². The fourth-order valence-electron chi connectivity index (χ4n) is 2.07. The van der Waals surface area contributed by atoms with Crippen molar-refractivity contribution in [2.24, 2.45) is 0 Å². The molecule has 0 aromatic heterocycles. The number of carbonyl (C=O) groups is 1. The van der Waals surface area contributed by atoms with Crippen LogP contribution in [0.25, 0.3) is 0 Å². The standard InChI is InChI=1S/C12H15NO4S/c1-9-7-10(12(14)15)3-4-11(9)8-13-5-2-6-18(13,16)17/h3-4,7H,2,5-6,8H2,1H3,(H,14,15). The predicted molar refractivity (Wildman–Crippen MR) is 67.0 cm³/mol. The van der Waals surface area contributed by atoms with E-state index in [-0.39, 0.29) is 11.3 Å². The highest BCUT2D eigenvalue weighted by Gasteiger charge is 2.28. The van der Waals surface area contributed by atoms with Gasteiger partial charge >= 0.3 is 5.97 Å². The molecule has 1 aromatic rings. The van der Waals surface area contributed by atoms with Gasteiger partial charge in [-0.2, -0.15) is 4.31 Å². The monoisotopic (exact) mass is 269 g/mol. The summed E-state index contributed by atoms with van der Waals surface area (Å²) in [5, 5.41) is 8.86. The summed E-state index contributed by atoms with van der Waals surface area (Å²) in [7, 11) is -3.11. The highest BCUT2D eigenvalue weighted by Crippen LogP contribution is 2.20. The van der Waals surface area contributed by atoms with Gasteiger partial charge in [-0.05, 0) is 36.6 Å². The molecule has 0 spiro atoms. The van der Waals surface area contributed by atoms with Gasteiger partial charge < -0.3 is 5.11 Å². The molecule has 1 aliphatic heterocycles. The average Bonchev–Trinajstić information content (AvgIpc) is 2.61. The highest BCUT2D eigenvalue weighted by molar-refractivity contribution is 7.89. The molecule has 1 N–H and O–H groups in total. The molecule has 2 rings (SSSR count). The lowest BCUT2D eigenvalue weighted by atomic mass is 10.1. The van der Waals surface area contributed by atoms with Gasteiger partial charge in [0.05, 0.1) is 11.3 Å². The first-order valence-electron chi connectivity index (χ1n) is 5.71. The van der Waals surface area contributed by atoms with Crippen molar-refractivity contribution in [3.63, 3.8) is 0 Å². The molecule has 1 heterocycles. The van der Waals surface area contributed by atoms with E-state index in [1.165, 1.54) is 10.4 Å². The van der Waals surface area contributed by atoms with Gasteiger partial charge in [-0.25, -0.2) is 13.2 Å². The van der Waals surface area contributed by atoms with Crippen LogP contribution in [0, 0.1) is 6.92 Å². The Kier molecular flexibility index (Phi) is 3.41. The minimum absolute atomic E-state index is 0.208. The molecule has 5 nitrogen and oxygen atoms in total. The average molecular weight is 269 g/mol. The van der Waals surface area contributed by atoms with Gasteiger partial charge in [-0.1, -0.05) is 6.07 Å². The second-order valence-corrected chi connectivity index (χ2v) is 6.54. The van der Waals surface area contributed by atoms with E-state index in [1.54, 1.807) is 19.1 Å². The largest absolute Gasteiger partial charge is 0.478 e. The Bertz CT molecular complexity index is 580. The van der Waals surface area contributed by atoms with Crippen LogP contribution in [-0.2, 0) is 16.6 Å². The van der Waals surface area contributed by atoms with Crippen molar-refractivity contribution >= 4 is 16.0 Å². The Hall–Kier alpha value is -1.40. The van der Waals surface area contributed by atoms with Crippen LogP contribution in [-0.4, -0.2) is 36.1 Å². The molecule has 98 valence electrons. The lowest BCUT2D eigenvalue weighted by Gasteiger charge is -2.16. The number of carboxylic acids is 1. The van der Waals surface area contributed by atoms with Crippen LogP contribution in [0.4, 0.5) is 0 Å². The van der Waals surface area contributed by atoms with Crippen LogP contribution in [0.5, 0.6) is 0 Å². The predicted octanol–water partition coefficient (Wildman–Crippen LogP) is 1.23. The molecule has 0 saturated carbocycles. The SMILES string of the molecule is Cc1cc(C(=O)O)ccc1CN1CCCS1(=O)=O. The molecule has 0 amide bonds. The van der Waals surface area contributed by atoms with E-state index in [4.69, 9.17) is 5.11 Å². The van der Waals surface area contributed by atoms with E-state index in [0.29, 0.717) is 19.5 Å². The molecule has 0 radical (unpaired) electrons. The summed E-state index contributed by atoms with van der Waals surface area (Å²) < 4.78 is 24.8. The molecule has 1 aliphatic rings. The van der Waals surface area contributed by atoms with Gasteiger partial charge in [-0.3, -0.25) is 0 Å². The van der Waals surface area contributed by atoms with E-state index in [9.17, 15) is 13.2 Å². The van der Waals surface area contributed by atoms with Gasteiger partial charge in [0, 0.05) is 13.1 Å². The van der Waals surface area contributed by atoms with Crippen LogP contribution in [0.2, 0.25) is 0 Å². The summed E-state index contributed by atoms with van der Waals surface area (Å²) in [6.07, 6.45) is 0.661. The lowest BCUT2D eigenvalue weighted by Crippen LogP contribution is -2.25. The van der Waals surface area contributed by atoms with Crippen molar-refractivity contribution in [2.45, 2.75) is 19.9 Å². The number of benzene rings is 1. The zero-order valence-electron chi connectivity index (χ0n) is 10.1. The first-order valence-corrected chi connectivity index (χ1v) is 7.32. The molecule has 0 atom stereocenters. The summed E-state index contributed by atoms with van der Waals surface area (Å²) in [6.45, 7) is 2.67. The molecule has 1 aromatic carbocycles. The summed E-state index contributed by atoms with van der Waals surface area (Å²) in [5.74, 6) is -0.766. The number of hydrogen-bond donors (Lipinski definition) is 1. The Morgan fingerprint density at radius 1 is 1.44 bits per heavy atom. The van der Waals surface area contributed by atoms with Gasteiger partial charge in [0.15, 0.2) is 0 Å².